The third-order valence-electron chi connectivity index (χ3n) is 3.03. The van der Waals surface area contributed by atoms with Crippen LogP contribution in [0.4, 0.5) is 0 Å². The quantitative estimate of drug-likeness (QED) is 0.758. The number of benzene rings is 1. The number of methoxy groups -OCH3 is 1. The molecule has 20 heavy (non-hydrogen) atoms. The van der Waals surface area contributed by atoms with Crippen molar-refractivity contribution in [2.24, 2.45) is 0 Å². The monoisotopic (exact) mass is 336 g/mol. The molecule has 0 aliphatic heterocycles. The zero-order valence-electron chi connectivity index (χ0n) is 11.6. The summed E-state index contributed by atoms with van der Waals surface area (Å²) in [5.41, 5.74) is 1.51. The second-order valence-electron chi connectivity index (χ2n) is 4.48. The summed E-state index contributed by atoms with van der Waals surface area (Å²) in [5, 5.41) is 4.22. The van der Waals surface area contributed by atoms with Gasteiger partial charge in [0.25, 0.3) is 0 Å². The number of ether oxygens (including phenoxy) is 1. The van der Waals surface area contributed by atoms with Crippen LogP contribution in [0.25, 0.3) is 0 Å². The number of hydrogen-bond acceptors (Lipinski definition) is 3. The van der Waals surface area contributed by atoms with Gasteiger partial charge in [-0.25, -0.2) is 0 Å². The molecule has 1 aromatic heterocycles. The fourth-order valence-electron chi connectivity index (χ4n) is 2.08. The van der Waals surface area contributed by atoms with Crippen molar-refractivity contribution in [3.63, 3.8) is 0 Å². The Bertz CT molecular complexity index is 608. The minimum Gasteiger partial charge on any atom is -0.493 e. The molecule has 0 unspecified atom stereocenters. The molecule has 106 valence electrons. The molecule has 0 amide bonds. The first-order valence-corrected chi connectivity index (χ1v) is 7.33. The molecular formula is C15H17BrN2O2. The molecule has 0 radical (unpaired) electrons. The highest BCUT2D eigenvalue weighted by Crippen LogP contribution is 2.23. The van der Waals surface area contributed by atoms with Crippen LogP contribution in [-0.2, 0) is 13.0 Å². The topological polar surface area (TPSA) is 44.1 Å². The van der Waals surface area contributed by atoms with Crippen molar-refractivity contribution in [3.05, 3.63) is 46.2 Å². The Morgan fingerprint density at radius 1 is 1.40 bits per heavy atom. The molecule has 0 aliphatic rings. The van der Waals surface area contributed by atoms with Crippen molar-refractivity contribution < 1.29 is 9.53 Å². The SMILES string of the molecule is CCCn1ncc(OC)c1C(=O)Cc1ccccc1Br. The summed E-state index contributed by atoms with van der Waals surface area (Å²) >= 11 is 3.47. The first kappa shape index (κ1) is 14.8. The van der Waals surface area contributed by atoms with E-state index in [0.29, 0.717) is 24.4 Å². The molecule has 0 saturated heterocycles. The fourth-order valence-corrected chi connectivity index (χ4v) is 2.50. The summed E-state index contributed by atoms with van der Waals surface area (Å²) in [6, 6.07) is 7.73. The molecule has 0 saturated carbocycles. The molecule has 0 spiro atoms. The van der Waals surface area contributed by atoms with E-state index in [0.717, 1.165) is 16.5 Å². The summed E-state index contributed by atoms with van der Waals surface area (Å²) in [4.78, 5) is 12.5. The summed E-state index contributed by atoms with van der Waals surface area (Å²) in [7, 11) is 1.56. The smallest absolute Gasteiger partial charge is 0.189 e. The number of rotatable bonds is 6. The van der Waals surface area contributed by atoms with Crippen LogP contribution in [0.5, 0.6) is 5.75 Å². The molecular weight excluding hydrogens is 320 g/mol. The van der Waals surface area contributed by atoms with Gasteiger partial charge in [-0.1, -0.05) is 41.1 Å². The van der Waals surface area contributed by atoms with Crippen molar-refractivity contribution in [2.75, 3.05) is 7.11 Å². The van der Waals surface area contributed by atoms with E-state index in [4.69, 9.17) is 4.74 Å². The molecule has 0 N–H and O–H groups in total. The normalized spacial score (nSPS) is 10.6. The Hall–Kier alpha value is -1.62. The van der Waals surface area contributed by atoms with Gasteiger partial charge in [0.1, 0.15) is 5.69 Å². The number of carbonyl (C=O) groups is 1. The predicted molar refractivity (Wildman–Crippen MR) is 81.2 cm³/mol. The van der Waals surface area contributed by atoms with Crippen molar-refractivity contribution in [1.29, 1.82) is 0 Å². The fraction of sp³-hybridized carbons (Fsp3) is 0.333. The number of aromatic nitrogens is 2. The number of carbonyl (C=O) groups excluding carboxylic acids is 1. The maximum atomic E-state index is 12.5. The zero-order valence-corrected chi connectivity index (χ0v) is 13.2. The molecule has 4 nitrogen and oxygen atoms in total. The van der Waals surface area contributed by atoms with Gasteiger partial charge in [-0.2, -0.15) is 5.10 Å². The van der Waals surface area contributed by atoms with Gasteiger partial charge < -0.3 is 4.74 Å². The van der Waals surface area contributed by atoms with Crippen molar-refractivity contribution >= 4 is 21.7 Å². The summed E-state index contributed by atoms with van der Waals surface area (Å²) in [6.07, 6.45) is 2.84. The second-order valence-corrected chi connectivity index (χ2v) is 5.33. The van der Waals surface area contributed by atoms with E-state index < -0.39 is 0 Å². The standard InChI is InChI=1S/C15H17BrN2O2/c1-3-8-18-15(14(20-2)10-17-18)13(19)9-11-6-4-5-7-12(11)16/h4-7,10H,3,8-9H2,1-2H3. The summed E-state index contributed by atoms with van der Waals surface area (Å²) in [5.74, 6) is 0.551. The summed E-state index contributed by atoms with van der Waals surface area (Å²) in [6.45, 7) is 2.76. The average Bonchev–Trinajstić information content (AvgIpc) is 2.85. The van der Waals surface area contributed by atoms with Gasteiger partial charge in [0.2, 0.25) is 0 Å². The number of Topliss-reactive ketones (excluding diaryl/α,β-unsaturated/α-hetero) is 1. The van der Waals surface area contributed by atoms with Crippen LogP contribution < -0.4 is 4.74 Å². The van der Waals surface area contributed by atoms with Gasteiger partial charge >= 0.3 is 0 Å². The van der Waals surface area contributed by atoms with Crippen molar-refractivity contribution in [2.45, 2.75) is 26.3 Å². The molecule has 2 rings (SSSR count). The third-order valence-corrected chi connectivity index (χ3v) is 3.81. The maximum absolute atomic E-state index is 12.5. The van der Waals surface area contributed by atoms with Crippen molar-refractivity contribution in [3.8, 4) is 5.75 Å². The van der Waals surface area contributed by atoms with E-state index in [-0.39, 0.29) is 5.78 Å². The Balaban J connectivity index is 2.29. The van der Waals surface area contributed by atoms with Gasteiger partial charge in [-0.15, -0.1) is 0 Å². The van der Waals surface area contributed by atoms with E-state index in [1.807, 2.05) is 24.3 Å². The van der Waals surface area contributed by atoms with Crippen LogP contribution in [0.3, 0.4) is 0 Å². The Morgan fingerprint density at radius 3 is 2.80 bits per heavy atom. The van der Waals surface area contributed by atoms with Crippen LogP contribution in [0.2, 0.25) is 0 Å². The van der Waals surface area contributed by atoms with Crippen LogP contribution in [0.1, 0.15) is 29.4 Å². The lowest BCUT2D eigenvalue weighted by Gasteiger charge is -2.08. The lowest BCUT2D eigenvalue weighted by atomic mass is 10.1. The van der Waals surface area contributed by atoms with Gasteiger partial charge in [0.15, 0.2) is 11.5 Å². The minimum atomic E-state index is 0.0136. The van der Waals surface area contributed by atoms with E-state index in [1.54, 1.807) is 18.0 Å². The molecule has 5 heteroatoms. The first-order valence-electron chi connectivity index (χ1n) is 6.53. The highest BCUT2D eigenvalue weighted by atomic mass is 79.9. The molecule has 0 fully saturated rings. The van der Waals surface area contributed by atoms with Crippen LogP contribution in [0.15, 0.2) is 34.9 Å². The lowest BCUT2D eigenvalue weighted by Crippen LogP contribution is -2.13. The highest BCUT2D eigenvalue weighted by Gasteiger charge is 2.20. The molecule has 1 heterocycles. The van der Waals surface area contributed by atoms with E-state index >= 15 is 0 Å². The maximum Gasteiger partial charge on any atom is 0.189 e. The molecule has 2 aromatic rings. The molecule has 0 bridgehead atoms. The number of halogens is 1. The molecule has 0 atom stereocenters. The van der Waals surface area contributed by atoms with Gasteiger partial charge in [-0.05, 0) is 18.1 Å². The summed E-state index contributed by atoms with van der Waals surface area (Å²) < 4.78 is 7.90. The van der Waals surface area contributed by atoms with E-state index in [1.165, 1.54) is 0 Å². The minimum absolute atomic E-state index is 0.0136. The Morgan fingerprint density at radius 2 is 2.15 bits per heavy atom. The molecule has 0 aliphatic carbocycles. The Kier molecular flexibility index (Phi) is 4.95. The lowest BCUT2D eigenvalue weighted by molar-refractivity contribution is 0.0979. The third kappa shape index (κ3) is 3.10. The van der Waals surface area contributed by atoms with Crippen molar-refractivity contribution in [1.82, 2.24) is 9.78 Å². The number of ketones is 1. The van der Waals surface area contributed by atoms with E-state index in [9.17, 15) is 4.79 Å². The number of hydrogen-bond donors (Lipinski definition) is 0. The second kappa shape index (κ2) is 6.70. The van der Waals surface area contributed by atoms with Crippen LogP contribution in [-0.4, -0.2) is 22.7 Å². The zero-order chi connectivity index (χ0) is 14.5. The number of aryl methyl sites for hydroxylation is 1. The predicted octanol–water partition coefficient (Wildman–Crippen LogP) is 3.49. The van der Waals surface area contributed by atoms with E-state index in [2.05, 4.69) is 28.0 Å². The molecule has 1 aromatic carbocycles. The van der Waals surface area contributed by atoms with Crippen LogP contribution >= 0.6 is 15.9 Å². The van der Waals surface area contributed by atoms with Gasteiger partial charge in [-0.3, -0.25) is 9.48 Å². The van der Waals surface area contributed by atoms with Crippen LogP contribution in [0, 0.1) is 0 Å². The Labute approximate surface area is 126 Å². The van der Waals surface area contributed by atoms with Gasteiger partial charge in [0.05, 0.1) is 13.3 Å². The average molecular weight is 337 g/mol. The highest BCUT2D eigenvalue weighted by molar-refractivity contribution is 9.10. The first-order chi connectivity index (χ1) is 9.67. The van der Waals surface area contributed by atoms with Gasteiger partial charge in [0, 0.05) is 17.4 Å². The largest absolute Gasteiger partial charge is 0.493 e. The number of nitrogens with zero attached hydrogens (tertiary/aromatic N) is 2.